The molecule has 1 heterocycles. The average Bonchev–Trinajstić information content (AvgIpc) is 2.72. The lowest BCUT2D eigenvalue weighted by Crippen LogP contribution is -2.50. The monoisotopic (exact) mass is 416 g/mol. The van der Waals surface area contributed by atoms with Crippen LogP contribution in [0.5, 0.6) is 0 Å². The Hall–Kier alpha value is -2.90. The maximum atomic E-state index is 12.5. The summed E-state index contributed by atoms with van der Waals surface area (Å²) >= 11 is 0. The number of carbonyl (C=O) groups excluding carboxylic acids is 3. The molecule has 8 heteroatoms. The Morgan fingerprint density at radius 3 is 2.41 bits per heavy atom. The van der Waals surface area contributed by atoms with Gasteiger partial charge in [0.15, 0.2) is 0 Å². The van der Waals surface area contributed by atoms with Gasteiger partial charge in [0.25, 0.3) is 5.91 Å². The zero-order chi connectivity index (χ0) is 20.1. The minimum Gasteiger partial charge on any atom is -0.353 e. The summed E-state index contributed by atoms with van der Waals surface area (Å²) in [5, 5.41) is 5.54. The first kappa shape index (κ1) is 22.4. The highest BCUT2D eigenvalue weighted by atomic mass is 35.5. The molecule has 1 saturated heterocycles. The third-order valence-electron chi connectivity index (χ3n) is 4.82. The molecule has 29 heavy (non-hydrogen) atoms. The maximum absolute atomic E-state index is 12.5. The molecular weight excluding hydrogens is 392 g/mol. The molecule has 2 aromatic carbocycles. The third kappa shape index (κ3) is 5.34. The van der Waals surface area contributed by atoms with Crippen LogP contribution in [-0.2, 0) is 21.7 Å². The maximum Gasteiger partial charge on any atom is 0.254 e. The first-order valence-electron chi connectivity index (χ1n) is 9.15. The highest BCUT2D eigenvalue weighted by Gasteiger charge is 2.30. The largest absolute Gasteiger partial charge is 0.353 e. The first-order chi connectivity index (χ1) is 13.4. The van der Waals surface area contributed by atoms with E-state index in [-0.39, 0.29) is 36.7 Å². The number of nitrogens with zero attached hydrogens (tertiary/aromatic N) is 1. The molecule has 2 aromatic rings. The van der Waals surface area contributed by atoms with E-state index in [1.54, 1.807) is 31.2 Å². The fourth-order valence-electron chi connectivity index (χ4n) is 3.04. The molecule has 0 bridgehead atoms. The van der Waals surface area contributed by atoms with Crippen molar-refractivity contribution in [2.45, 2.75) is 19.0 Å². The molecule has 3 rings (SSSR count). The smallest absolute Gasteiger partial charge is 0.254 e. The van der Waals surface area contributed by atoms with Gasteiger partial charge in [0, 0.05) is 25.2 Å². The average molecular weight is 417 g/mol. The van der Waals surface area contributed by atoms with E-state index in [1.165, 1.54) is 4.90 Å². The Kier molecular flexibility index (Phi) is 7.36. The Morgan fingerprint density at radius 1 is 1.14 bits per heavy atom. The number of rotatable bonds is 5. The normalized spacial score (nSPS) is 15.5. The van der Waals surface area contributed by atoms with E-state index in [9.17, 15) is 14.4 Å². The summed E-state index contributed by atoms with van der Waals surface area (Å²) in [4.78, 5) is 38.0. The van der Waals surface area contributed by atoms with Crippen LogP contribution in [0.3, 0.4) is 0 Å². The van der Waals surface area contributed by atoms with Crippen LogP contribution in [0.15, 0.2) is 54.6 Å². The SMILES string of the molecule is CC(N)(C(=O)NCc1ccc(C(=O)N2CCNC(=O)C2)cc1)c1ccccc1.Cl. The van der Waals surface area contributed by atoms with Crippen LogP contribution in [0.1, 0.15) is 28.4 Å². The van der Waals surface area contributed by atoms with Gasteiger partial charge >= 0.3 is 0 Å². The van der Waals surface area contributed by atoms with E-state index in [0.29, 0.717) is 25.2 Å². The van der Waals surface area contributed by atoms with Crippen LogP contribution in [0.4, 0.5) is 0 Å². The van der Waals surface area contributed by atoms with Crippen LogP contribution in [-0.4, -0.2) is 42.3 Å². The second-order valence-corrected chi connectivity index (χ2v) is 7.02. The number of amides is 3. The summed E-state index contributed by atoms with van der Waals surface area (Å²) in [7, 11) is 0. The number of nitrogens with one attached hydrogen (secondary N) is 2. The number of nitrogens with two attached hydrogens (primary N) is 1. The topological polar surface area (TPSA) is 105 Å². The predicted octanol–water partition coefficient (Wildman–Crippen LogP) is 1.17. The van der Waals surface area contributed by atoms with E-state index < -0.39 is 5.54 Å². The van der Waals surface area contributed by atoms with Gasteiger partial charge in [-0.15, -0.1) is 12.4 Å². The Morgan fingerprint density at radius 2 is 1.79 bits per heavy atom. The van der Waals surface area contributed by atoms with Crippen molar-refractivity contribution in [2.24, 2.45) is 5.73 Å². The molecule has 4 N–H and O–H groups in total. The zero-order valence-electron chi connectivity index (χ0n) is 16.2. The number of hydrogen-bond acceptors (Lipinski definition) is 4. The van der Waals surface area contributed by atoms with Crippen molar-refractivity contribution >= 4 is 30.1 Å². The van der Waals surface area contributed by atoms with Gasteiger partial charge in [-0.2, -0.15) is 0 Å². The van der Waals surface area contributed by atoms with Crippen molar-refractivity contribution in [3.8, 4) is 0 Å². The van der Waals surface area contributed by atoms with Gasteiger partial charge < -0.3 is 21.3 Å². The molecule has 0 radical (unpaired) electrons. The third-order valence-corrected chi connectivity index (χ3v) is 4.82. The highest BCUT2D eigenvalue weighted by molar-refractivity contribution is 5.97. The van der Waals surface area contributed by atoms with Crippen molar-refractivity contribution in [1.29, 1.82) is 0 Å². The van der Waals surface area contributed by atoms with Gasteiger partial charge in [-0.05, 0) is 30.2 Å². The van der Waals surface area contributed by atoms with Crippen LogP contribution in [0.25, 0.3) is 0 Å². The summed E-state index contributed by atoms with van der Waals surface area (Å²) in [5.74, 6) is -0.607. The lowest BCUT2D eigenvalue weighted by molar-refractivity contribution is -0.126. The second-order valence-electron chi connectivity index (χ2n) is 7.02. The van der Waals surface area contributed by atoms with Gasteiger partial charge in [0.1, 0.15) is 5.54 Å². The van der Waals surface area contributed by atoms with Gasteiger partial charge in [-0.3, -0.25) is 14.4 Å². The number of piperazine rings is 1. The highest BCUT2D eigenvalue weighted by Crippen LogP contribution is 2.17. The molecule has 7 nitrogen and oxygen atoms in total. The number of benzene rings is 2. The molecule has 3 amide bonds. The first-order valence-corrected chi connectivity index (χ1v) is 9.15. The van der Waals surface area contributed by atoms with Crippen LogP contribution in [0, 0.1) is 0 Å². The summed E-state index contributed by atoms with van der Waals surface area (Å²) in [6.45, 7) is 3.02. The molecule has 154 valence electrons. The minimum absolute atomic E-state index is 0. The molecule has 1 unspecified atom stereocenters. The number of carbonyl (C=O) groups is 3. The molecule has 1 fully saturated rings. The fourth-order valence-corrected chi connectivity index (χ4v) is 3.04. The van der Waals surface area contributed by atoms with E-state index in [1.807, 2.05) is 30.3 Å². The van der Waals surface area contributed by atoms with Crippen molar-refractivity contribution in [1.82, 2.24) is 15.5 Å². The Labute approximate surface area is 176 Å². The van der Waals surface area contributed by atoms with E-state index in [2.05, 4.69) is 10.6 Å². The molecule has 0 spiro atoms. The Balaban J connectivity index is 0.00000300. The van der Waals surface area contributed by atoms with Crippen molar-refractivity contribution in [2.75, 3.05) is 19.6 Å². The molecular formula is C21H25ClN4O3. The van der Waals surface area contributed by atoms with Crippen LogP contribution in [0.2, 0.25) is 0 Å². The number of hydrogen-bond donors (Lipinski definition) is 3. The summed E-state index contributed by atoms with van der Waals surface area (Å²) in [6, 6.07) is 16.2. The molecule has 1 aliphatic heterocycles. The molecule has 0 saturated carbocycles. The summed E-state index contributed by atoms with van der Waals surface area (Å²) in [5.41, 5.74) is 7.17. The lowest BCUT2D eigenvalue weighted by Gasteiger charge is -2.26. The standard InChI is InChI=1S/C21H24N4O3.ClH/c1-21(22,17-5-3-2-4-6-17)20(28)24-13-15-7-9-16(10-8-15)19(27)25-12-11-23-18(26)14-25;/h2-10H,11-14,22H2,1H3,(H,23,26)(H,24,28);1H. The molecule has 1 atom stereocenters. The molecule has 0 aromatic heterocycles. The summed E-state index contributed by atoms with van der Waals surface area (Å²) in [6.07, 6.45) is 0. The minimum atomic E-state index is -1.13. The van der Waals surface area contributed by atoms with Gasteiger partial charge in [0.05, 0.1) is 6.54 Å². The molecule has 0 aliphatic carbocycles. The van der Waals surface area contributed by atoms with Gasteiger partial charge in [-0.25, -0.2) is 0 Å². The van der Waals surface area contributed by atoms with Gasteiger partial charge in [0.2, 0.25) is 11.8 Å². The van der Waals surface area contributed by atoms with E-state index >= 15 is 0 Å². The van der Waals surface area contributed by atoms with E-state index in [0.717, 1.165) is 11.1 Å². The fraction of sp³-hybridized carbons (Fsp3) is 0.286. The van der Waals surface area contributed by atoms with Crippen LogP contribution < -0.4 is 16.4 Å². The van der Waals surface area contributed by atoms with Crippen molar-refractivity contribution in [3.05, 3.63) is 71.3 Å². The predicted molar refractivity (Wildman–Crippen MR) is 112 cm³/mol. The zero-order valence-corrected chi connectivity index (χ0v) is 17.0. The van der Waals surface area contributed by atoms with E-state index in [4.69, 9.17) is 5.73 Å². The van der Waals surface area contributed by atoms with Crippen molar-refractivity contribution < 1.29 is 14.4 Å². The lowest BCUT2D eigenvalue weighted by atomic mass is 9.92. The van der Waals surface area contributed by atoms with Gasteiger partial charge in [-0.1, -0.05) is 42.5 Å². The molecule has 1 aliphatic rings. The summed E-state index contributed by atoms with van der Waals surface area (Å²) < 4.78 is 0. The number of halogens is 1. The quantitative estimate of drug-likeness (QED) is 0.680. The van der Waals surface area contributed by atoms with Crippen molar-refractivity contribution in [3.63, 3.8) is 0 Å². The second kappa shape index (κ2) is 9.54. The Bertz CT molecular complexity index is 869. The van der Waals surface area contributed by atoms with Crippen LogP contribution >= 0.6 is 12.4 Å².